The Kier molecular flexibility index (Phi) is 6.90. The van der Waals surface area contributed by atoms with Crippen molar-refractivity contribution < 1.29 is 32.9 Å². The number of hydrogen-bond donors (Lipinski definition) is 0. The fraction of sp³-hybridized carbons (Fsp3) is 0.273. The van der Waals surface area contributed by atoms with E-state index in [4.69, 9.17) is 18.9 Å². The van der Waals surface area contributed by atoms with E-state index in [1.54, 1.807) is 37.4 Å². The highest BCUT2D eigenvalue weighted by molar-refractivity contribution is 5.89. The average molecular weight is 415 g/mol. The van der Waals surface area contributed by atoms with Crippen LogP contribution in [0.4, 0.5) is 4.39 Å². The van der Waals surface area contributed by atoms with E-state index in [1.807, 2.05) is 0 Å². The van der Waals surface area contributed by atoms with Crippen molar-refractivity contribution in [2.24, 2.45) is 0 Å². The van der Waals surface area contributed by atoms with Crippen LogP contribution in [0.3, 0.4) is 0 Å². The predicted molar refractivity (Wildman–Crippen MR) is 107 cm³/mol. The van der Waals surface area contributed by atoms with Gasteiger partial charge in [0.1, 0.15) is 13.2 Å². The molecule has 0 aliphatic carbocycles. The highest BCUT2D eigenvalue weighted by Gasteiger charge is 2.14. The summed E-state index contributed by atoms with van der Waals surface area (Å²) in [5, 5.41) is 0. The van der Waals surface area contributed by atoms with Gasteiger partial charge in [-0.25, -0.2) is 9.18 Å². The number of carbonyl (C=O) groups excluding carboxylic acids is 2. The van der Waals surface area contributed by atoms with E-state index >= 15 is 0 Å². The van der Waals surface area contributed by atoms with Gasteiger partial charge in [0.05, 0.1) is 7.11 Å². The molecule has 0 N–H and O–H groups in total. The summed E-state index contributed by atoms with van der Waals surface area (Å²) in [7, 11) is 2.92. The fourth-order valence-corrected chi connectivity index (χ4v) is 2.79. The van der Waals surface area contributed by atoms with Crippen LogP contribution in [-0.4, -0.2) is 50.8 Å². The van der Waals surface area contributed by atoms with Crippen molar-refractivity contribution in [3.05, 3.63) is 59.4 Å². The second kappa shape index (κ2) is 9.78. The molecule has 2 aromatic rings. The van der Waals surface area contributed by atoms with Gasteiger partial charge in [-0.05, 0) is 41.5 Å². The van der Waals surface area contributed by atoms with Crippen molar-refractivity contribution >= 4 is 18.0 Å². The molecule has 158 valence electrons. The molecule has 1 aliphatic heterocycles. The summed E-state index contributed by atoms with van der Waals surface area (Å²) in [5.74, 6) is -0.164. The molecule has 0 bridgehead atoms. The Hall–Kier alpha value is -3.55. The van der Waals surface area contributed by atoms with Crippen molar-refractivity contribution in [3.63, 3.8) is 0 Å². The summed E-state index contributed by atoms with van der Waals surface area (Å²) >= 11 is 0. The number of rotatable bonds is 7. The number of methoxy groups -OCH3 is 1. The van der Waals surface area contributed by atoms with Crippen molar-refractivity contribution in [3.8, 4) is 17.2 Å². The second-order valence-corrected chi connectivity index (χ2v) is 6.56. The van der Waals surface area contributed by atoms with Crippen LogP contribution in [0.25, 0.3) is 6.08 Å². The summed E-state index contributed by atoms with van der Waals surface area (Å²) in [6.45, 7) is 0.731. The van der Waals surface area contributed by atoms with Gasteiger partial charge in [-0.2, -0.15) is 0 Å². The van der Waals surface area contributed by atoms with Gasteiger partial charge in [-0.1, -0.05) is 12.1 Å². The van der Waals surface area contributed by atoms with E-state index in [0.29, 0.717) is 30.3 Å². The van der Waals surface area contributed by atoms with E-state index in [0.717, 1.165) is 5.56 Å². The number of nitrogens with zero attached hydrogens (tertiary/aromatic N) is 1. The van der Waals surface area contributed by atoms with Gasteiger partial charge in [0.2, 0.25) is 0 Å². The second-order valence-electron chi connectivity index (χ2n) is 6.56. The van der Waals surface area contributed by atoms with Crippen LogP contribution >= 0.6 is 0 Å². The molecule has 2 aromatic carbocycles. The number of likely N-dealkylation sites (N-methyl/N-ethyl adjacent to an activating group) is 1. The van der Waals surface area contributed by atoms with Crippen LogP contribution in [0.5, 0.6) is 17.2 Å². The van der Waals surface area contributed by atoms with Gasteiger partial charge in [0.25, 0.3) is 5.91 Å². The molecule has 0 spiro atoms. The minimum Gasteiger partial charge on any atom is -0.494 e. The van der Waals surface area contributed by atoms with E-state index < -0.39 is 24.3 Å². The van der Waals surface area contributed by atoms with Gasteiger partial charge in [0, 0.05) is 19.7 Å². The molecule has 0 saturated heterocycles. The first-order chi connectivity index (χ1) is 14.5. The Bertz CT molecular complexity index is 959. The lowest BCUT2D eigenvalue weighted by Crippen LogP contribution is -2.30. The lowest BCUT2D eigenvalue weighted by atomic mass is 10.2. The molecule has 0 radical (unpaired) electrons. The maximum absolute atomic E-state index is 13.8. The van der Waals surface area contributed by atoms with Crippen LogP contribution in [0, 0.1) is 5.82 Å². The molecular weight excluding hydrogens is 393 g/mol. The zero-order valence-electron chi connectivity index (χ0n) is 16.7. The topological polar surface area (TPSA) is 74.3 Å². The smallest absolute Gasteiger partial charge is 0.331 e. The quantitative estimate of drug-likeness (QED) is 0.512. The Morgan fingerprint density at radius 3 is 2.63 bits per heavy atom. The van der Waals surface area contributed by atoms with Crippen molar-refractivity contribution in [1.29, 1.82) is 0 Å². The molecule has 7 nitrogen and oxygen atoms in total. The highest BCUT2D eigenvalue weighted by Crippen LogP contribution is 2.31. The standard InChI is InChI=1S/C22H22FNO6/c1-24(13-16-4-6-18(27-2)17(23)11-16)21(25)14-30-22(26)8-5-15-3-7-19-20(12-15)29-10-9-28-19/h3-8,11-12H,9-10,13-14H2,1-2H3/b8-5+. The van der Waals surface area contributed by atoms with Gasteiger partial charge in [-0.15, -0.1) is 0 Å². The number of esters is 1. The molecule has 30 heavy (non-hydrogen) atoms. The minimum absolute atomic E-state index is 0.131. The van der Waals surface area contributed by atoms with Gasteiger partial charge >= 0.3 is 5.97 Å². The molecule has 1 amide bonds. The molecule has 0 saturated carbocycles. The summed E-state index contributed by atoms with van der Waals surface area (Å²) < 4.78 is 34.5. The maximum Gasteiger partial charge on any atom is 0.331 e. The summed E-state index contributed by atoms with van der Waals surface area (Å²) in [6.07, 6.45) is 2.80. The summed E-state index contributed by atoms with van der Waals surface area (Å²) in [4.78, 5) is 25.4. The fourth-order valence-electron chi connectivity index (χ4n) is 2.79. The molecule has 0 unspecified atom stereocenters. The normalized spacial score (nSPS) is 12.5. The number of benzene rings is 2. The van der Waals surface area contributed by atoms with Gasteiger partial charge in [0.15, 0.2) is 29.7 Å². The SMILES string of the molecule is COc1ccc(CN(C)C(=O)COC(=O)/C=C/c2ccc3c(c2)OCCO3)cc1F. The lowest BCUT2D eigenvalue weighted by molar-refractivity contribution is -0.147. The Balaban J connectivity index is 1.48. The number of carbonyl (C=O) groups is 2. The third-order valence-electron chi connectivity index (χ3n) is 4.38. The first kappa shape index (κ1) is 21.2. The van der Waals surface area contributed by atoms with Crippen LogP contribution in [0.15, 0.2) is 42.5 Å². The molecule has 1 heterocycles. The Labute approximate surface area is 173 Å². The minimum atomic E-state index is -0.651. The monoisotopic (exact) mass is 415 g/mol. The van der Waals surface area contributed by atoms with Crippen molar-refractivity contribution in [1.82, 2.24) is 4.90 Å². The van der Waals surface area contributed by atoms with Crippen molar-refractivity contribution in [2.75, 3.05) is 34.0 Å². The van der Waals surface area contributed by atoms with Crippen molar-refractivity contribution in [2.45, 2.75) is 6.54 Å². The molecule has 0 aromatic heterocycles. The number of hydrogen-bond acceptors (Lipinski definition) is 6. The highest BCUT2D eigenvalue weighted by atomic mass is 19.1. The third-order valence-corrected chi connectivity index (χ3v) is 4.38. The largest absolute Gasteiger partial charge is 0.494 e. The van der Waals surface area contributed by atoms with Crippen LogP contribution in [-0.2, 0) is 20.9 Å². The molecular formula is C22H22FNO6. The first-order valence-electron chi connectivity index (χ1n) is 9.27. The van der Waals surface area contributed by atoms with Crippen LogP contribution in [0.1, 0.15) is 11.1 Å². The van der Waals surface area contributed by atoms with Gasteiger partial charge < -0.3 is 23.8 Å². The third kappa shape index (κ3) is 5.50. The number of amides is 1. The van der Waals surface area contributed by atoms with E-state index in [9.17, 15) is 14.0 Å². The van der Waals surface area contributed by atoms with Crippen LogP contribution < -0.4 is 14.2 Å². The first-order valence-corrected chi connectivity index (χ1v) is 9.27. The van der Waals surface area contributed by atoms with E-state index in [-0.39, 0.29) is 12.3 Å². The zero-order valence-corrected chi connectivity index (χ0v) is 16.7. The lowest BCUT2D eigenvalue weighted by Gasteiger charge is -2.18. The van der Waals surface area contributed by atoms with Gasteiger partial charge in [-0.3, -0.25) is 4.79 Å². The summed E-state index contributed by atoms with van der Waals surface area (Å²) in [5.41, 5.74) is 1.33. The van der Waals surface area contributed by atoms with E-state index in [2.05, 4.69) is 0 Å². The van der Waals surface area contributed by atoms with Crippen LogP contribution in [0.2, 0.25) is 0 Å². The summed E-state index contributed by atoms with van der Waals surface area (Å²) in [6, 6.07) is 9.75. The molecule has 8 heteroatoms. The molecule has 0 fully saturated rings. The Morgan fingerprint density at radius 2 is 1.90 bits per heavy atom. The number of fused-ring (bicyclic) bond motifs is 1. The number of ether oxygens (including phenoxy) is 4. The van der Waals surface area contributed by atoms with E-state index in [1.165, 1.54) is 30.2 Å². The molecule has 3 rings (SSSR count). The molecule has 1 aliphatic rings. The molecule has 0 atom stereocenters. The Morgan fingerprint density at radius 1 is 1.13 bits per heavy atom. The number of halogens is 1. The predicted octanol–water partition coefficient (Wildman–Crippen LogP) is 2.82. The average Bonchev–Trinajstić information content (AvgIpc) is 2.76. The zero-order chi connectivity index (χ0) is 21.5. The maximum atomic E-state index is 13.8.